The summed E-state index contributed by atoms with van der Waals surface area (Å²) in [6.45, 7) is 5.81. The van der Waals surface area contributed by atoms with Gasteiger partial charge < -0.3 is 9.64 Å². The Hall–Kier alpha value is -4.04. The molecule has 3 aromatic rings. The van der Waals surface area contributed by atoms with Crippen molar-refractivity contribution in [2.75, 3.05) is 18.6 Å². The van der Waals surface area contributed by atoms with Gasteiger partial charge in [-0.2, -0.15) is 0 Å². The SMILES string of the molecule is C=CCN1C(=O)C(=c2sc3n(c2=O)C(c2ccccc2)C(C(=O)OC)=C(C)N=3)c2ccccc21. The van der Waals surface area contributed by atoms with Crippen LogP contribution >= 0.6 is 11.3 Å². The summed E-state index contributed by atoms with van der Waals surface area (Å²) in [5, 5.41) is 0. The summed E-state index contributed by atoms with van der Waals surface area (Å²) in [5.74, 6) is -0.806. The maximum atomic E-state index is 13.9. The van der Waals surface area contributed by atoms with Crippen molar-refractivity contribution in [2.45, 2.75) is 13.0 Å². The predicted octanol–water partition coefficient (Wildman–Crippen LogP) is 2.31. The van der Waals surface area contributed by atoms with E-state index in [1.165, 1.54) is 11.7 Å². The lowest BCUT2D eigenvalue weighted by atomic mass is 9.96. The largest absolute Gasteiger partial charge is 0.466 e. The number of amides is 1. The summed E-state index contributed by atoms with van der Waals surface area (Å²) >= 11 is 1.16. The van der Waals surface area contributed by atoms with Gasteiger partial charge in [0.05, 0.1) is 35.7 Å². The first-order valence-electron chi connectivity index (χ1n) is 10.7. The van der Waals surface area contributed by atoms with Crippen molar-refractivity contribution in [3.63, 3.8) is 0 Å². The van der Waals surface area contributed by atoms with Crippen molar-refractivity contribution in [3.8, 4) is 0 Å². The third kappa shape index (κ3) is 3.18. The minimum atomic E-state index is -0.713. The number of hydrogen-bond acceptors (Lipinski definition) is 6. The molecule has 0 spiro atoms. The molecule has 5 rings (SSSR count). The molecule has 1 amide bonds. The van der Waals surface area contributed by atoms with Crippen molar-refractivity contribution in [1.29, 1.82) is 0 Å². The molecule has 0 saturated heterocycles. The number of hydrogen-bond donors (Lipinski definition) is 0. The molecule has 1 unspecified atom stereocenters. The number of ether oxygens (including phenoxy) is 1. The molecule has 0 aliphatic carbocycles. The number of para-hydroxylation sites is 1. The van der Waals surface area contributed by atoms with Gasteiger partial charge in [0.1, 0.15) is 4.53 Å². The second-order valence-corrected chi connectivity index (χ2v) is 8.88. The van der Waals surface area contributed by atoms with E-state index < -0.39 is 12.0 Å². The fourth-order valence-electron chi connectivity index (χ4n) is 4.50. The number of rotatable bonds is 4. The van der Waals surface area contributed by atoms with E-state index in [0.29, 0.717) is 38.3 Å². The maximum absolute atomic E-state index is 13.9. The molecule has 7 nitrogen and oxygen atoms in total. The molecular weight excluding hydrogens is 450 g/mol. The lowest BCUT2D eigenvalue weighted by Crippen LogP contribution is -2.40. The molecule has 3 heterocycles. The number of methoxy groups -OCH3 is 1. The van der Waals surface area contributed by atoms with Crippen LogP contribution in [0.25, 0.3) is 5.57 Å². The smallest absolute Gasteiger partial charge is 0.338 e. The van der Waals surface area contributed by atoms with Gasteiger partial charge in [-0.3, -0.25) is 14.2 Å². The normalized spacial score (nSPS) is 18.4. The van der Waals surface area contributed by atoms with E-state index in [1.807, 2.05) is 54.6 Å². The van der Waals surface area contributed by atoms with Crippen molar-refractivity contribution >= 4 is 34.5 Å². The van der Waals surface area contributed by atoms with Crippen LogP contribution in [0.3, 0.4) is 0 Å². The number of nitrogens with zero attached hydrogens (tertiary/aromatic N) is 3. The summed E-state index contributed by atoms with van der Waals surface area (Å²) < 4.78 is 6.82. The highest BCUT2D eigenvalue weighted by molar-refractivity contribution is 7.07. The molecule has 0 bridgehead atoms. The van der Waals surface area contributed by atoms with Crippen molar-refractivity contribution in [1.82, 2.24) is 4.57 Å². The number of thiazole rings is 1. The van der Waals surface area contributed by atoms with Gasteiger partial charge in [0, 0.05) is 12.1 Å². The first kappa shape index (κ1) is 21.8. The second-order valence-electron chi connectivity index (χ2n) is 7.90. The van der Waals surface area contributed by atoms with E-state index in [9.17, 15) is 14.4 Å². The Kier molecular flexibility index (Phi) is 5.37. The first-order chi connectivity index (χ1) is 16.5. The standard InChI is InChI=1S/C26H21N3O4S/c1-4-14-28-18-13-9-8-12-17(18)20(23(28)30)22-24(31)29-21(16-10-6-5-7-11-16)19(25(32)33-3)15(2)27-26(29)34-22/h4-13,21H,1,14H2,2-3H3. The molecular formula is C26H21N3O4S. The summed E-state index contributed by atoms with van der Waals surface area (Å²) in [6, 6.07) is 16.0. The number of carbonyl (C=O) groups is 2. The lowest BCUT2D eigenvalue weighted by molar-refractivity contribution is -0.136. The third-order valence-electron chi connectivity index (χ3n) is 5.98. The molecule has 0 fully saturated rings. The fourth-order valence-corrected chi connectivity index (χ4v) is 5.64. The summed E-state index contributed by atoms with van der Waals surface area (Å²) in [7, 11) is 1.31. The molecule has 0 N–H and O–H groups in total. The van der Waals surface area contributed by atoms with Crippen molar-refractivity contribution in [2.24, 2.45) is 4.99 Å². The lowest BCUT2D eigenvalue weighted by Gasteiger charge is -2.24. The Morgan fingerprint density at radius 2 is 1.85 bits per heavy atom. The number of benzene rings is 2. The minimum absolute atomic E-state index is 0.258. The van der Waals surface area contributed by atoms with Crippen LogP contribution in [0.15, 0.2) is 88.3 Å². The quantitative estimate of drug-likeness (QED) is 0.432. The highest BCUT2D eigenvalue weighted by Gasteiger charge is 2.36. The molecule has 2 aromatic carbocycles. The molecule has 0 radical (unpaired) electrons. The summed E-state index contributed by atoms with van der Waals surface area (Å²) in [4.78, 5) is 46.7. The number of allylic oxidation sites excluding steroid dienone is 1. The van der Waals surface area contributed by atoms with Crippen LogP contribution in [0, 0.1) is 0 Å². The summed E-state index contributed by atoms with van der Waals surface area (Å²) in [6.07, 6.45) is 1.65. The van der Waals surface area contributed by atoms with Crippen LogP contribution in [0.4, 0.5) is 5.69 Å². The van der Waals surface area contributed by atoms with E-state index in [-0.39, 0.29) is 11.5 Å². The third-order valence-corrected chi connectivity index (χ3v) is 7.03. The fraction of sp³-hybridized carbons (Fsp3) is 0.154. The Balaban J connectivity index is 1.84. The highest BCUT2D eigenvalue weighted by atomic mass is 32.1. The number of fused-ring (bicyclic) bond motifs is 2. The molecule has 2 aliphatic heterocycles. The van der Waals surface area contributed by atoms with Crippen LogP contribution in [-0.2, 0) is 14.3 Å². The number of aromatic nitrogens is 1. The monoisotopic (exact) mass is 471 g/mol. The Morgan fingerprint density at radius 3 is 2.56 bits per heavy atom. The van der Waals surface area contributed by atoms with Crippen molar-refractivity contribution in [3.05, 3.63) is 109 Å². The van der Waals surface area contributed by atoms with Crippen LogP contribution in [0.1, 0.15) is 24.1 Å². The molecule has 34 heavy (non-hydrogen) atoms. The molecule has 170 valence electrons. The predicted molar refractivity (Wildman–Crippen MR) is 130 cm³/mol. The maximum Gasteiger partial charge on any atom is 0.338 e. The van der Waals surface area contributed by atoms with E-state index in [0.717, 1.165) is 22.6 Å². The number of anilines is 1. The van der Waals surface area contributed by atoms with E-state index in [2.05, 4.69) is 11.6 Å². The van der Waals surface area contributed by atoms with E-state index in [1.54, 1.807) is 17.9 Å². The van der Waals surface area contributed by atoms with Gasteiger partial charge in [-0.25, -0.2) is 9.79 Å². The zero-order chi connectivity index (χ0) is 24.0. The highest BCUT2D eigenvalue weighted by Crippen LogP contribution is 2.35. The van der Waals surface area contributed by atoms with Crippen molar-refractivity contribution < 1.29 is 14.3 Å². The average Bonchev–Trinajstić information content (AvgIpc) is 3.31. The molecule has 2 aliphatic rings. The molecule has 8 heteroatoms. The van der Waals surface area contributed by atoms with Gasteiger partial charge in [-0.1, -0.05) is 65.9 Å². The van der Waals surface area contributed by atoms with Gasteiger partial charge in [0.15, 0.2) is 4.80 Å². The van der Waals surface area contributed by atoms with Crippen LogP contribution in [-0.4, -0.2) is 30.1 Å². The zero-order valence-electron chi connectivity index (χ0n) is 18.6. The van der Waals surface area contributed by atoms with Gasteiger partial charge in [0.2, 0.25) is 0 Å². The van der Waals surface area contributed by atoms with Gasteiger partial charge in [-0.15, -0.1) is 6.58 Å². The van der Waals surface area contributed by atoms with E-state index >= 15 is 0 Å². The van der Waals surface area contributed by atoms with Crippen LogP contribution in [0.5, 0.6) is 0 Å². The van der Waals surface area contributed by atoms with Crippen LogP contribution < -0.4 is 19.8 Å². The zero-order valence-corrected chi connectivity index (χ0v) is 19.5. The first-order valence-corrected chi connectivity index (χ1v) is 11.5. The van der Waals surface area contributed by atoms with Gasteiger partial charge in [0.25, 0.3) is 11.5 Å². The number of carbonyl (C=O) groups excluding carboxylic acids is 2. The summed E-state index contributed by atoms with van der Waals surface area (Å²) in [5.41, 5.74) is 2.92. The second kappa shape index (κ2) is 8.39. The van der Waals surface area contributed by atoms with Gasteiger partial charge in [-0.05, 0) is 18.6 Å². The Labute approximate surface area is 199 Å². The molecule has 1 aromatic heterocycles. The topological polar surface area (TPSA) is 81.0 Å². The minimum Gasteiger partial charge on any atom is -0.466 e. The molecule has 1 atom stereocenters. The van der Waals surface area contributed by atoms with E-state index in [4.69, 9.17) is 4.74 Å². The average molecular weight is 472 g/mol. The Bertz CT molecular complexity index is 1560. The van der Waals surface area contributed by atoms with Gasteiger partial charge >= 0.3 is 5.97 Å². The number of esters is 1. The molecule has 0 saturated carbocycles. The van der Waals surface area contributed by atoms with Crippen LogP contribution in [0.2, 0.25) is 0 Å². The Morgan fingerprint density at radius 1 is 1.15 bits per heavy atom.